The summed E-state index contributed by atoms with van der Waals surface area (Å²) >= 11 is 0. The van der Waals surface area contributed by atoms with Crippen molar-refractivity contribution in [2.75, 3.05) is 17.2 Å². The van der Waals surface area contributed by atoms with Crippen molar-refractivity contribution in [1.29, 1.82) is 0 Å². The maximum absolute atomic E-state index is 12.6. The summed E-state index contributed by atoms with van der Waals surface area (Å²) in [7, 11) is 0. The van der Waals surface area contributed by atoms with Crippen LogP contribution in [0.15, 0.2) is 40.3 Å². The number of anilines is 2. The first-order valence-electron chi connectivity index (χ1n) is 11.1. The Labute approximate surface area is 187 Å². The molecule has 32 heavy (non-hydrogen) atoms. The van der Waals surface area contributed by atoms with E-state index in [2.05, 4.69) is 32.6 Å². The molecule has 1 saturated carbocycles. The van der Waals surface area contributed by atoms with E-state index in [0.29, 0.717) is 23.8 Å². The number of benzene rings is 1. The molecule has 0 bridgehead atoms. The number of unbranched alkanes of at least 4 members (excludes halogenated alkanes) is 1. The van der Waals surface area contributed by atoms with Gasteiger partial charge in [-0.3, -0.25) is 10.1 Å². The van der Waals surface area contributed by atoms with Crippen LogP contribution in [-0.4, -0.2) is 40.0 Å². The summed E-state index contributed by atoms with van der Waals surface area (Å²) in [6.07, 6.45) is 5.69. The van der Waals surface area contributed by atoms with Crippen LogP contribution in [0.2, 0.25) is 0 Å². The summed E-state index contributed by atoms with van der Waals surface area (Å²) in [4.78, 5) is 33.8. The zero-order valence-electron chi connectivity index (χ0n) is 18.4. The Morgan fingerprint density at radius 3 is 2.78 bits per heavy atom. The molecule has 1 aliphatic carbocycles. The highest BCUT2D eigenvalue weighted by atomic mass is 16.5. The first-order valence-corrected chi connectivity index (χ1v) is 11.1. The van der Waals surface area contributed by atoms with Crippen molar-refractivity contribution in [2.45, 2.75) is 52.4 Å². The molecule has 168 valence electrons. The summed E-state index contributed by atoms with van der Waals surface area (Å²) in [6, 6.07) is 8.48. The SMILES string of the molecule is CCCCOc1ccc(NC(=O)Nc2cc(C)nn2C2=NC(=O)C3CCCCC3=N2)cc1. The lowest BCUT2D eigenvalue weighted by Crippen LogP contribution is -2.34. The Kier molecular flexibility index (Phi) is 6.63. The van der Waals surface area contributed by atoms with Gasteiger partial charge in [0.15, 0.2) is 0 Å². The van der Waals surface area contributed by atoms with Gasteiger partial charge in [0, 0.05) is 17.5 Å². The Balaban J connectivity index is 1.44. The number of carbonyl (C=O) groups excluding carboxylic acids is 2. The molecule has 4 rings (SSSR count). The number of hydrogen-bond donors (Lipinski definition) is 2. The van der Waals surface area contributed by atoms with E-state index in [0.717, 1.165) is 50.0 Å². The van der Waals surface area contributed by atoms with Crippen LogP contribution >= 0.6 is 0 Å². The lowest BCUT2D eigenvalue weighted by Gasteiger charge is -2.24. The van der Waals surface area contributed by atoms with Crippen LogP contribution in [0.25, 0.3) is 0 Å². The molecule has 2 heterocycles. The molecule has 3 amide bonds. The van der Waals surface area contributed by atoms with Crippen LogP contribution in [0.1, 0.15) is 51.1 Å². The molecule has 0 spiro atoms. The number of aryl methyl sites for hydroxylation is 1. The molecule has 2 aliphatic rings. The molecule has 9 heteroatoms. The number of amides is 3. The average Bonchev–Trinajstić information content (AvgIpc) is 3.15. The van der Waals surface area contributed by atoms with Gasteiger partial charge >= 0.3 is 6.03 Å². The van der Waals surface area contributed by atoms with Crippen LogP contribution in [0, 0.1) is 12.8 Å². The van der Waals surface area contributed by atoms with Crippen LogP contribution in [0.4, 0.5) is 16.3 Å². The van der Waals surface area contributed by atoms with Crippen LogP contribution < -0.4 is 15.4 Å². The summed E-state index contributed by atoms with van der Waals surface area (Å²) in [6.45, 7) is 4.59. The van der Waals surface area contributed by atoms with Gasteiger partial charge in [-0.2, -0.15) is 14.8 Å². The molecule has 2 N–H and O–H groups in total. The summed E-state index contributed by atoms with van der Waals surface area (Å²) in [5.41, 5.74) is 2.16. The predicted molar refractivity (Wildman–Crippen MR) is 124 cm³/mol. The van der Waals surface area contributed by atoms with Gasteiger partial charge in [-0.05, 0) is 56.9 Å². The second-order valence-electron chi connectivity index (χ2n) is 8.04. The van der Waals surface area contributed by atoms with Gasteiger partial charge in [-0.25, -0.2) is 9.79 Å². The third-order valence-electron chi connectivity index (χ3n) is 5.47. The van der Waals surface area contributed by atoms with E-state index in [1.54, 1.807) is 25.1 Å². The topological polar surface area (TPSA) is 110 Å². The number of aromatic nitrogens is 2. The Morgan fingerprint density at radius 1 is 1.19 bits per heavy atom. The number of nitrogens with one attached hydrogen (secondary N) is 2. The zero-order valence-corrected chi connectivity index (χ0v) is 18.4. The first kappa shape index (κ1) is 21.7. The molecule has 9 nitrogen and oxygen atoms in total. The van der Waals surface area contributed by atoms with Crippen molar-refractivity contribution in [3.63, 3.8) is 0 Å². The third-order valence-corrected chi connectivity index (χ3v) is 5.47. The summed E-state index contributed by atoms with van der Waals surface area (Å²) in [5.74, 6) is 0.954. The van der Waals surface area contributed by atoms with Crippen molar-refractivity contribution in [1.82, 2.24) is 9.78 Å². The highest BCUT2D eigenvalue weighted by Gasteiger charge is 2.32. The standard InChI is InChI=1S/C23H28N6O3/c1-3-4-13-32-17-11-9-16(10-12-17)24-23(31)26-20-14-15(2)28-29(20)22-25-19-8-6-5-7-18(19)21(30)27-22/h9-12,14,18H,3-8,13H2,1-2H3,(H2,24,26,31). The fourth-order valence-corrected chi connectivity index (χ4v) is 3.81. The highest BCUT2D eigenvalue weighted by Crippen LogP contribution is 2.26. The van der Waals surface area contributed by atoms with Gasteiger partial charge in [-0.1, -0.05) is 19.8 Å². The van der Waals surface area contributed by atoms with E-state index >= 15 is 0 Å². The number of urea groups is 1. The van der Waals surface area contributed by atoms with E-state index in [-0.39, 0.29) is 17.8 Å². The van der Waals surface area contributed by atoms with Crippen LogP contribution in [-0.2, 0) is 4.79 Å². The second-order valence-corrected chi connectivity index (χ2v) is 8.04. The Morgan fingerprint density at radius 2 is 2.00 bits per heavy atom. The second kappa shape index (κ2) is 9.76. The van der Waals surface area contributed by atoms with E-state index in [4.69, 9.17) is 4.74 Å². The van der Waals surface area contributed by atoms with Gasteiger partial charge in [-0.15, -0.1) is 0 Å². The van der Waals surface area contributed by atoms with Gasteiger partial charge in [0.1, 0.15) is 11.6 Å². The number of hydrogen-bond acceptors (Lipinski definition) is 5. The molecule has 1 atom stereocenters. The molecule has 1 unspecified atom stereocenters. The Hall–Kier alpha value is -3.49. The normalized spacial score (nSPS) is 17.8. The summed E-state index contributed by atoms with van der Waals surface area (Å²) in [5, 5.41) is 9.95. The van der Waals surface area contributed by atoms with Gasteiger partial charge in [0.2, 0.25) is 0 Å². The number of aliphatic imine (C=N–C) groups is 2. The predicted octanol–water partition coefficient (Wildman–Crippen LogP) is 4.39. The zero-order chi connectivity index (χ0) is 22.5. The molecular weight excluding hydrogens is 408 g/mol. The largest absolute Gasteiger partial charge is 0.494 e. The molecule has 0 saturated heterocycles. The number of ether oxygens (including phenoxy) is 1. The fraction of sp³-hybridized carbons (Fsp3) is 0.435. The first-order chi connectivity index (χ1) is 15.5. The average molecular weight is 437 g/mol. The van der Waals surface area contributed by atoms with Crippen molar-refractivity contribution in [3.05, 3.63) is 36.0 Å². The van der Waals surface area contributed by atoms with E-state index in [9.17, 15) is 9.59 Å². The molecule has 1 aromatic carbocycles. The van der Waals surface area contributed by atoms with Crippen LogP contribution in [0.5, 0.6) is 5.75 Å². The van der Waals surface area contributed by atoms with Crippen molar-refractivity contribution in [2.24, 2.45) is 15.9 Å². The molecule has 1 aromatic heterocycles. The molecular formula is C23H28N6O3. The van der Waals surface area contributed by atoms with Crippen molar-refractivity contribution >= 4 is 35.1 Å². The van der Waals surface area contributed by atoms with Crippen molar-refractivity contribution in [3.8, 4) is 5.75 Å². The smallest absolute Gasteiger partial charge is 0.324 e. The lowest BCUT2D eigenvalue weighted by molar-refractivity contribution is -0.120. The van der Waals surface area contributed by atoms with Gasteiger partial charge < -0.3 is 10.1 Å². The van der Waals surface area contributed by atoms with E-state index < -0.39 is 6.03 Å². The molecule has 0 radical (unpaired) electrons. The maximum atomic E-state index is 12.6. The number of nitrogens with zero attached hydrogens (tertiary/aromatic N) is 4. The van der Waals surface area contributed by atoms with Gasteiger partial charge in [0.25, 0.3) is 11.9 Å². The minimum atomic E-state index is -0.434. The molecule has 1 aliphatic heterocycles. The Bertz CT molecular complexity index is 1050. The third kappa shape index (κ3) is 5.04. The van der Waals surface area contributed by atoms with Crippen molar-refractivity contribution < 1.29 is 14.3 Å². The lowest BCUT2D eigenvalue weighted by atomic mass is 9.86. The number of fused-ring (bicyclic) bond motifs is 1. The van der Waals surface area contributed by atoms with E-state index in [1.165, 1.54) is 4.68 Å². The van der Waals surface area contributed by atoms with Crippen LogP contribution in [0.3, 0.4) is 0 Å². The molecule has 1 fully saturated rings. The quantitative estimate of drug-likeness (QED) is 0.654. The minimum Gasteiger partial charge on any atom is -0.494 e. The maximum Gasteiger partial charge on any atom is 0.324 e. The highest BCUT2D eigenvalue weighted by molar-refractivity contribution is 6.16. The number of rotatable bonds is 6. The van der Waals surface area contributed by atoms with E-state index in [1.807, 2.05) is 12.1 Å². The molecule has 2 aromatic rings. The minimum absolute atomic E-state index is 0.186. The van der Waals surface area contributed by atoms with Gasteiger partial charge in [0.05, 0.1) is 18.2 Å². The summed E-state index contributed by atoms with van der Waals surface area (Å²) < 4.78 is 7.05. The number of carbonyl (C=O) groups is 2. The monoisotopic (exact) mass is 436 g/mol. The fourth-order valence-electron chi connectivity index (χ4n) is 3.81.